The number of benzene rings is 2. The van der Waals surface area contributed by atoms with Crippen molar-refractivity contribution in [1.82, 2.24) is 5.32 Å². The Hall–Kier alpha value is -1.06. The van der Waals surface area contributed by atoms with Gasteiger partial charge in [0.05, 0.1) is 12.7 Å². The van der Waals surface area contributed by atoms with E-state index < -0.39 is 0 Å². The second-order valence-electron chi connectivity index (χ2n) is 5.28. The maximum absolute atomic E-state index is 6.23. The summed E-state index contributed by atoms with van der Waals surface area (Å²) in [7, 11) is 0. The minimum absolute atomic E-state index is 0.0387. The zero-order valence-electron chi connectivity index (χ0n) is 11.6. The largest absolute Gasteiger partial charge is 0.371 e. The first-order chi connectivity index (χ1) is 10.2. The smallest absolute Gasteiger partial charge is 0.0964 e. The van der Waals surface area contributed by atoms with Crippen molar-refractivity contribution in [3.63, 3.8) is 0 Å². The molecule has 21 heavy (non-hydrogen) atoms. The fourth-order valence-electron chi connectivity index (χ4n) is 2.61. The molecular formula is C17H17Cl2NO. The van der Waals surface area contributed by atoms with E-state index in [4.69, 9.17) is 27.9 Å². The fourth-order valence-corrected chi connectivity index (χ4v) is 3.03. The van der Waals surface area contributed by atoms with Crippen molar-refractivity contribution in [1.29, 1.82) is 0 Å². The first-order valence-corrected chi connectivity index (χ1v) is 7.82. The van der Waals surface area contributed by atoms with Gasteiger partial charge in [-0.1, -0.05) is 53.5 Å². The van der Waals surface area contributed by atoms with Crippen molar-refractivity contribution in [3.05, 3.63) is 69.7 Å². The summed E-state index contributed by atoms with van der Waals surface area (Å²) in [5.41, 5.74) is 2.27. The van der Waals surface area contributed by atoms with Gasteiger partial charge in [-0.3, -0.25) is 0 Å². The molecule has 0 aliphatic carbocycles. The fraction of sp³-hybridized carbons (Fsp3) is 0.294. The van der Waals surface area contributed by atoms with E-state index in [9.17, 15) is 0 Å². The Kier molecular flexibility index (Phi) is 4.81. The minimum Gasteiger partial charge on any atom is -0.371 e. The average molecular weight is 322 g/mol. The molecule has 4 heteroatoms. The molecule has 0 aromatic heterocycles. The lowest BCUT2D eigenvalue weighted by atomic mass is 10.0. The molecule has 1 fully saturated rings. The van der Waals surface area contributed by atoms with Crippen LogP contribution in [0.25, 0.3) is 0 Å². The number of rotatable bonds is 3. The van der Waals surface area contributed by atoms with Gasteiger partial charge in [0.15, 0.2) is 0 Å². The summed E-state index contributed by atoms with van der Waals surface area (Å²) in [5, 5.41) is 4.92. The SMILES string of the molecule is Clc1ccc(Cl)c(C2CNC(Cc3ccccc3)CO2)c1. The lowest BCUT2D eigenvalue weighted by molar-refractivity contribution is 0.00313. The van der Waals surface area contributed by atoms with Crippen LogP contribution in [0.2, 0.25) is 10.0 Å². The summed E-state index contributed by atoms with van der Waals surface area (Å²) in [6.07, 6.45) is 0.930. The molecule has 1 aliphatic heterocycles. The van der Waals surface area contributed by atoms with Crippen molar-refractivity contribution in [2.45, 2.75) is 18.6 Å². The molecule has 2 nitrogen and oxygen atoms in total. The third kappa shape index (κ3) is 3.78. The predicted octanol–water partition coefficient (Wildman–Crippen LogP) is 4.27. The van der Waals surface area contributed by atoms with E-state index in [1.165, 1.54) is 5.56 Å². The van der Waals surface area contributed by atoms with Crippen molar-refractivity contribution in [2.24, 2.45) is 0 Å². The Morgan fingerprint density at radius 1 is 1.10 bits per heavy atom. The molecule has 0 saturated carbocycles. The van der Waals surface area contributed by atoms with Crippen molar-refractivity contribution < 1.29 is 4.74 Å². The van der Waals surface area contributed by atoms with E-state index in [1.54, 1.807) is 6.07 Å². The van der Waals surface area contributed by atoms with Gasteiger partial charge in [-0.2, -0.15) is 0 Å². The quantitative estimate of drug-likeness (QED) is 0.911. The van der Waals surface area contributed by atoms with Crippen LogP contribution in [0.1, 0.15) is 17.2 Å². The van der Waals surface area contributed by atoms with Crippen molar-refractivity contribution >= 4 is 23.2 Å². The molecule has 2 aromatic rings. The van der Waals surface area contributed by atoms with E-state index in [0.29, 0.717) is 22.7 Å². The standard InChI is InChI=1S/C17H17Cl2NO/c18-13-6-7-16(19)15(9-13)17-10-20-14(11-21-17)8-12-4-2-1-3-5-12/h1-7,9,14,17,20H,8,10-11H2. The third-order valence-electron chi connectivity index (χ3n) is 3.72. The molecule has 0 amide bonds. The number of hydrogen-bond donors (Lipinski definition) is 1. The van der Waals surface area contributed by atoms with Gasteiger partial charge >= 0.3 is 0 Å². The molecule has 110 valence electrons. The Morgan fingerprint density at radius 2 is 1.90 bits per heavy atom. The molecule has 1 saturated heterocycles. The Labute approximate surface area is 135 Å². The summed E-state index contributed by atoms with van der Waals surface area (Å²) in [4.78, 5) is 0. The van der Waals surface area contributed by atoms with Gasteiger partial charge in [-0.25, -0.2) is 0 Å². The summed E-state index contributed by atoms with van der Waals surface area (Å²) < 4.78 is 5.98. The van der Waals surface area contributed by atoms with Crippen LogP contribution in [-0.4, -0.2) is 19.2 Å². The Bertz CT molecular complexity index is 595. The van der Waals surface area contributed by atoms with Gasteiger partial charge in [-0.15, -0.1) is 0 Å². The van der Waals surface area contributed by atoms with Crippen molar-refractivity contribution in [3.8, 4) is 0 Å². The van der Waals surface area contributed by atoms with E-state index in [-0.39, 0.29) is 6.10 Å². The van der Waals surface area contributed by atoms with Crippen LogP contribution in [0.3, 0.4) is 0 Å². The predicted molar refractivity (Wildman–Crippen MR) is 87.1 cm³/mol. The summed E-state index contributed by atoms with van der Waals surface area (Å²) in [6.45, 7) is 1.42. The lowest BCUT2D eigenvalue weighted by Crippen LogP contribution is -2.44. The second kappa shape index (κ2) is 6.80. The highest BCUT2D eigenvalue weighted by Gasteiger charge is 2.24. The monoisotopic (exact) mass is 321 g/mol. The number of ether oxygens (including phenoxy) is 1. The van der Waals surface area contributed by atoms with Crippen LogP contribution in [0.15, 0.2) is 48.5 Å². The second-order valence-corrected chi connectivity index (χ2v) is 6.13. The maximum Gasteiger partial charge on any atom is 0.0964 e. The molecule has 0 spiro atoms. The van der Waals surface area contributed by atoms with E-state index >= 15 is 0 Å². The van der Waals surface area contributed by atoms with Crippen LogP contribution in [-0.2, 0) is 11.2 Å². The Balaban J connectivity index is 1.61. The van der Waals surface area contributed by atoms with Crippen LogP contribution in [0.4, 0.5) is 0 Å². The zero-order valence-corrected chi connectivity index (χ0v) is 13.1. The summed E-state index contributed by atoms with van der Waals surface area (Å²) in [6, 6.07) is 16.3. The molecule has 2 aromatic carbocycles. The first kappa shape index (κ1) is 14.9. The van der Waals surface area contributed by atoms with Gasteiger partial charge < -0.3 is 10.1 Å². The van der Waals surface area contributed by atoms with Crippen LogP contribution in [0, 0.1) is 0 Å². The maximum atomic E-state index is 6.23. The first-order valence-electron chi connectivity index (χ1n) is 7.06. The average Bonchev–Trinajstić information content (AvgIpc) is 2.52. The van der Waals surface area contributed by atoms with Gasteiger partial charge in [0.2, 0.25) is 0 Å². The molecule has 2 unspecified atom stereocenters. The highest BCUT2D eigenvalue weighted by molar-refractivity contribution is 6.33. The van der Waals surface area contributed by atoms with E-state index in [1.807, 2.05) is 18.2 Å². The van der Waals surface area contributed by atoms with Gasteiger partial charge in [0.1, 0.15) is 0 Å². The van der Waals surface area contributed by atoms with E-state index in [0.717, 1.165) is 18.5 Å². The minimum atomic E-state index is -0.0387. The van der Waals surface area contributed by atoms with Crippen LogP contribution >= 0.6 is 23.2 Å². The highest BCUT2D eigenvalue weighted by Crippen LogP contribution is 2.30. The molecule has 0 radical (unpaired) electrons. The zero-order chi connectivity index (χ0) is 14.7. The molecule has 0 bridgehead atoms. The normalized spacial score (nSPS) is 22.2. The molecule has 1 aliphatic rings. The van der Waals surface area contributed by atoms with E-state index in [2.05, 4.69) is 29.6 Å². The number of nitrogens with one attached hydrogen (secondary N) is 1. The number of hydrogen-bond acceptors (Lipinski definition) is 2. The molecule has 1 heterocycles. The number of halogens is 2. The lowest BCUT2D eigenvalue weighted by Gasteiger charge is -2.31. The molecule has 3 rings (SSSR count). The molecular weight excluding hydrogens is 305 g/mol. The third-order valence-corrected chi connectivity index (χ3v) is 4.30. The summed E-state index contributed by atoms with van der Waals surface area (Å²) in [5.74, 6) is 0. The van der Waals surface area contributed by atoms with Gasteiger partial charge in [-0.05, 0) is 30.2 Å². The van der Waals surface area contributed by atoms with Crippen LogP contribution in [0.5, 0.6) is 0 Å². The number of morpholine rings is 1. The Morgan fingerprint density at radius 3 is 2.62 bits per heavy atom. The van der Waals surface area contributed by atoms with Crippen molar-refractivity contribution in [2.75, 3.05) is 13.2 Å². The molecule has 1 N–H and O–H groups in total. The topological polar surface area (TPSA) is 21.3 Å². The van der Waals surface area contributed by atoms with Gasteiger partial charge in [0.25, 0.3) is 0 Å². The van der Waals surface area contributed by atoms with Crippen LogP contribution < -0.4 is 5.32 Å². The highest BCUT2D eigenvalue weighted by atomic mass is 35.5. The van der Waals surface area contributed by atoms with Gasteiger partial charge in [0, 0.05) is 28.2 Å². The molecule has 2 atom stereocenters. The summed E-state index contributed by atoms with van der Waals surface area (Å²) >= 11 is 12.3.